The summed E-state index contributed by atoms with van der Waals surface area (Å²) in [5.41, 5.74) is 1.89. The largest absolute Gasteiger partial charge is 0.443 e. The highest BCUT2D eigenvalue weighted by molar-refractivity contribution is 6.19. The topological polar surface area (TPSA) is 63.7 Å². The van der Waals surface area contributed by atoms with E-state index in [1.807, 2.05) is 33.8 Å². The highest BCUT2D eigenvalue weighted by Gasteiger charge is 2.61. The standard InChI is InChI=1S/C19H25NO4/c1-11(2)9-14-15(19(14,3)4)18(23)24-10-20-16(21)12-7-5-6-8-13(12)17(20)22/h9,14-15H,5-8,10H2,1-4H3/i10D. The number of amides is 2. The maximum absolute atomic E-state index is 12.5. The van der Waals surface area contributed by atoms with Gasteiger partial charge in [0.1, 0.15) is 0 Å². The maximum Gasteiger partial charge on any atom is 0.311 e. The highest BCUT2D eigenvalue weighted by atomic mass is 16.5. The van der Waals surface area contributed by atoms with Crippen molar-refractivity contribution >= 4 is 17.8 Å². The van der Waals surface area contributed by atoms with Crippen LogP contribution in [0.25, 0.3) is 0 Å². The van der Waals surface area contributed by atoms with Crippen molar-refractivity contribution in [1.82, 2.24) is 4.90 Å². The van der Waals surface area contributed by atoms with Crippen LogP contribution in [0.2, 0.25) is 0 Å². The first kappa shape index (κ1) is 15.6. The van der Waals surface area contributed by atoms with Gasteiger partial charge in [0.2, 0.25) is 0 Å². The van der Waals surface area contributed by atoms with Gasteiger partial charge in [0.25, 0.3) is 11.8 Å². The molecule has 0 saturated heterocycles. The van der Waals surface area contributed by atoms with Gasteiger partial charge in [-0.25, -0.2) is 4.90 Å². The van der Waals surface area contributed by atoms with Gasteiger partial charge in [0.05, 0.1) is 7.29 Å². The lowest BCUT2D eigenvalue weighted by Crippen LogP contribution is -2.35. The van der Waals surface area contributed by atoms with Gasteiger partial charge in [-0.2, -0.15) is 0 Å². The van der Waals surface area contributed by atoms with Crippen molar-refractivity contribution in [1.29, 1.82) is 0 Å². The van der Waals surface area contributed by atoms with E-state index in [2.05, 4.69) is 0 Å². The summed E-state index contributed by atoms with van der Waals surface area (Å²) in [7, 11) is 0. The van der Waals surface area contributed by atoms with Gasteiger partial charge in [0.15, 0.2) is 6.71 Å². The average Bonchev–Trinajstić information content (AvgIpc) is 2.95. The minimum absolute atomic E-state index is 0.0634. The molecule has 24 heavy (non-hydrogen) atoms. The summed E-state index contributed by atoms with van der Waals surface area (Å²) < 4.78 is 13.3. The fraction of sp³-hybridized carbons (Fsp3) is 0.632. The molecule has 3 atom stereocenters. The number of hydrogen-bond donors (Lipinski definition) is 0. The Hall–Kier alpha value is -1.91. The van der Waals surface area contributed by atoms with Crippen molar-refractivity contribution in [2.45, 2.75) is 53.4 Å². The smallest absolute Gasteiger partial charge is 0.311 e. The summed E-state index contributed by atoms with van der Waals surface area (Å²) in [6, 6.07) is 0. The van der Waals surface area contributed by atoms with E-state index >= 15 is 0 Å². The molecule has 2 amide bonds. The van der Waals surface area contributed by atoms with Crippen LogP contribution in [0.5, 0.6) is 0 Å². The second kappa shape index (κ2) is 5.87. The normalized spacial score (nSPS) is 29.8. The number of rotatable bonds is 4. The van der Waals surface area contributed by atoms with Crippen molar-refractivity contribution < 1.29 is 20.5 Å². The van der Waals surface area contributed by atoms with Crippen LogP contribution < -0.4 is 0 Å². The van der Waals surface area contributed by atoms with Crippen LogP contribution in [0.3, 0.4) is 0 Å². The lowest BCUT2D eigenvalue weighted by molar-refractivity contribution is -0.156. The number of allylic oxidation sites excluding steroid dienone is 2. The van der Waals surface area contributed by atoms with Crippen LogP contribution in [-0.4, -0.2) is 29.4 Å². The molecule has 1 saturated carbocycles. The monoisotopic (exact) mass is 332 g/mol. The van der Waals surface area contributed by atoms with Gasteiger partial charge in [-0.05, 0) is 50.9 Å². The third-order valence-corrected chi connectivity index (χ3v) is 5.37. The van der Waals surface area contributed by atoms with Crippen LogP contribution in [0.1, 0.15) is 54.7 Å². The quantitative estimate of drug-likeness (QED) is 0.451. The molecular formula is C19H25NO4. The molecule has 5 nitrogen and oxygen atoms in total. The third-order valence-electron chi connectivity index (χ3n) is 5.37. The molecule has 5 heteroatoms. The zero-order valence-corrected chi connectivity index (χ0v) is 14.7. The van der Waals surface area contributed by atoms with E-state index in [1.54, 1.807) is 0 Å². The molecule has 1 heterocycles. The zero-order valence-electron chi connectivity index (χ0n) is 15.7. The summed E-state index contributed by atoms with van der Waals surface area (Å²) in [5.74, 6) is -1.73. The Labute approximate surface area is 144 Å². The second-order valence-electron chi connectivity index (χ2n) is 7.76. The van der Waals surface area contributed by atoms with Gasteiger partial charge in [-0.3, -0.25) is 14.4 Å². The van der Waals surface area contributed by atoms with Gasteiger partial charge < -0.3 is 4.74 Å². The average molecular weight is 332 g/mol. The van der Waals surface area contributed by atoms with Crippen molar-refractivity contribution in [3.05, 3.63) is 22.8 Å². The fourth-order valence-corrected chi connectivity index (χ4v) is 3.83. The van der Waals surface area contributed by atoms with Gasteiger partial charge >= 0.3 is 5.97 Å². The van der Waals surface area contributed by atoms with Crippen LogP contribution in [0.15, 0.2) is 22.8 Å². The van der Waals surface area contributed by atoms with E-state index < -0.39 is 24.5 Å². The first-order chi connectivity index (χ1) is 11.7. The molecule has 3 rings (SSSR count). The van der Waals surface area contributed by atoms with E-state index in [0.29, 0.717) is 24.0 Å². The molecule has 0 bridgehead atoms. The van der Waals surface area contributed by atoms with Crippen LogP contribution >= 0.6 is 0 Å². The Balaban J connectivity index is 1.68. The molecule has 0 radical (unpaired) electrons. The molecular weight excluding hydrogens is 306 g/mol. The number of ether oxygens (including phenoxy) is 1. The molecule has 0 N–H and O–H groups in total. The number of esters is 1. The highest BCUT2D eigenvalue weighted by Crippen LogP contribution is 2.59. The molecule has 0 aromatic heterocycles. The first-order valence-electron chi connectivity index (χ1n) is 9.11. The molecule has 2 aliphatic carbocycles. The van der Waals surface area contributed by atoms with Gasteiger partial charge in [0, 0.05) is 11.1 Å². The third kappa shape index (κ3) is 2.70. The summed E-state index contributed by atoms with van der Waals surface area (Å²) in [6.45, 7) is 6.30. The number of carbonyl (C=O) groups is 3. The molecule has 0 spiro atoms. The predicted molar refractivity (Wildman–Crippen MR) is 88.5 cm³/mol. The van der Waals surface area contributed by atoms with E-state index in [1.165, 1.54) is 0 Å². The van der Waals surface area contributed by atoms with Crippen LogP contribution in [-0.2, 0) is 19.1 Å². The minimum Gasteiger partial charge on any atom is -0.443 e. The lowest BCUT2D eigenvalue weighted by Gasteiger charge is -2.15. The molecule has 3 aliphatic rings. The van der Waals surface area contributed by atoms with Gasteiger partial charge in [-0.1, -0.05) is 25.5 Å². The van der Waals surface area contributed by atoms with Crippen LogP contribution in [0.4, 0.5) is 0 Å². The fourth-order valence-electron chi connectivity index (χ4n) is 3.83. The summed E-state index contributed by atoms with van der Waals surface area (Å²) in [4.78, 5) is 38.1. The molecule has 1 aliphatic heterocycles. The lowest BCUT2D eigenvalue weighted by atomic mass is 9.93. The summed E-state index contributed by atoms with van der Waals surface area (Å²) in [6.07, 6.45) is 4.91. The van der Waals surface area contributed by atoms with E-state index in [0.717, 1.165) is 23.3 Å². The Morgan fingerprint density at radius 3 is 2.29 bits per heavy atom. The summed E-state index contributed by atoms with van der Waals surface area (Å²) in [5, 5.41) is 0. The molecule has 130 valence electrons. The maximum atomic E-state index is 12.5. The van der Waals surface area contributed by atoms with Crippen molar-refractivity contribution in [3.8, 4) is 0 Å². The SMILES string of the molecule is [2H]C(OC(=O)C1C(C=C(C)C)C1(C)C)N1C(=O)C2=C(CCCC2)C1=O. The molecule has 1 fully saturated rings. The minimum atomic E-state index is -1.61. The molecule has 0 aromatic carbocycles. The Morgan fingerprint density at radius 1 is 1.25 bits per heavy atom. The zero-order chi connectivity index (χ0) is 18.5. The van der Waals surface area contributed by atoms with E-state index in [-0.39, 0.29) is 17.3 Å². The Bertz CT molecular complexity index is 674. The van der Waals surface area contributed by atoms with E-state index in [4.69, 9.17) is 6.11 Å². The van der Waals surface area contributed by atoms with Crippen LogP contribution in [0, 0.1) is 17.3 Å². The first-order valence-corrected chi connectivity index (χ1v) is 8.54. The van der Waals surface area contributed by atoms with Crippen molar-refractivity contribution in [3.63, 3.8) is 0 Å². The Morgan fingerprint density at radius 2 is 1.79 bits per heavy atom. The number of hydrogen-bond acceptors (Lipinski definition) is 4. The van der Waals surface area contributed by atoms with Crippen molar-refractivity contribution in [2.24, 2.45) is 17.3 Å². The predicted octanol–water partition coefficient (Wildman–Crippen LogP) is 2.96. The molecule has 3 unspecified atom stereocenters. The van der Waals surface area contributed by atoms with E-state index in [9.17, 15) is 14.4 Å². The number of imide groups is 1. The summed E-state index contributed by atoms with van der Waals surface area (Å²) >= 11 is 0. The number of carbonyl (C=O) groups excluding carboxylic acids is 3. The number of nitrogens with zero attached hydrogens (tertiary/aromatic N) is 1. The van der Waals surface area contributed by atoms with Crippen molar-refractivity contribution in [2.75, 3.05) is 6.71 Å². The van der Waals surface area contributed by atoms with Gasteiger partial charge in [-0.15, -0.1) is 0 Å². The Kier molecular flexibility index (Phi) is 3.82. The molecule has 0 aromatic rings. The second-order valence-corrected chi connectivity index (χ2v) is 7.76.